The number of halogens is 1. The van der Waals surface area contributed by atoms with Crippen LogP contribution in [-0.4, -0.2) is 28.7 Å². The second-order valence-corrected chi connectivity index (χ2v) is 7.48. The van der Waals surface area contributed by atoms with E-state index in [1.54, 1.807) is 24.3 Å². The molecule has 1 aliphatic rings. The summed E-state index contributed by atoms with van der Waals surface area (Å²) < 4.78 is 26.4. The zero-order valence-electron chi connectivity index (χ0n) is 16.6. The fourth-order valence-corrected chi connectivity index (χ4v) is 3.83. The zero-order valence-corrected chi connectivity index (χ0v) is 17.4. The van der Waals surface area contributed by atoms with E-state index in [2.05, 4.69) is 10.3 Å². The number of rotatable bonds is 3. The molecule has 9 heteroatoms. The average Bonchev–Trinajstić information content (AvgIpc) is 2.80. The molecule has 5 rings (SSSR count). The quantitative estimate of drug-likeness (QED) is 0.458. The van der Waals surface area contributed by atoms with Crippen molar-refractivity contribution in [3.63, 3.8) is 0 Å². The fraction of sp³-hybridized carbons (Fsp3) is 0.0870. The minimum Gasteiger partial charge on any atom is -0.486 e. The van der Waals surface area contributed by atoms with Crippen LogP contribution in [0, 0.1) is 10.6 Å². The number of para-hydroxylation sites is 1. The Balaban J connectivity index is 1.49. The van der Waals surface area contributed by atoms with Crippen LogP contribution < -0.4 is 20.3 Å². The Hall–Kier alpha value is -3.98. The summed E-state index contributed by atoms with van der Waals surface area (Å²) in [6, 6.07) is 15.6. The molecular weight excluding hydrogens is 433 g/mol. The van der Waals surface area contributed by atoms with Gasteiger partial charge in [-0.2, -0.15) is 0 Å². The third-order valence-electron chi connectivity index (χ3n) is 5.05. The minimum atomic E-state index is -0.566. The monoisotopic (exact) mass is 449 g/mol. The Kier molecular flexibility index (Phi) is 4.95. The normalized spacial score (nSPS) is 12.5. The van der Waals surface area contributed by atoms with Gasteiger partial charge < -0.3 is 19.8 Å². The predicted octanol–water partition coefficient (Wildman–Crippen LogP) is 4.21. The van der Waals surface area contributed by atoms with Crippen molar-refractivity contribution in [2.45, 2.75) is 0 Å². The number of nitrogens with one attached hydrogen (secondary N) is 2. The molecule has 0 saturated heterocycles. The molecule has 7 nitrogen and oxygen atoms in total. The van der Waals surface area contributed by atoms with Crippen LogP contribution in [0.4, 0.5) is 10.1 Å². The number of nitrogens with zero attached hydrogens (tertiary/aromatic N) is 1. The highest BCUT2D eigenvalue weighted by atomic mass is 32.1. The first-order valence-corrected chi connectivity index (χ1v) is 10.2. The van der Waals surface area contributed by atoms with E-state index in [4.69, 9.17) is 21.7 Å². The highest BCUT2D eigenvalue weighted by Crippen LogP contribution is 2.32. The van der Waals surface area contributed by atoms with Crippen LogP contribution in [0.15, 0.2) is 65.5 Å². The van der Waals surface area contributed by atoms with Crippen molar-refractivity contribution in [3.8, 4) is 17.2 Å². The Labute approximate surface area is 186 Å². The summed E-state index contributed by atoms with van der Waals surface area (Å²) in [6.45, 7) is 0.925. The highest BCUT2D eigenvalue weighted by Gasteiger charge is 2.15. The van der Waals surface area contributed by atoms with E-state index in [-0.39, 0.29) is 21.8 Å². The van der Waals surface area contributed by atoms with Crippen LogP contribution in [0.2, 0.25) is 0 Å². The van der Waals surface area contributed by atoms with E-state index in [0.717, 1.165) is 4.57 Å². The molecule has 0 aliphatic carbocycles. The lowest BCUT2D eigenvalue weighted by atomic mass is 10.1. The second kappa shape index (κ2) is 7.93. The number of amides is 1. The summed E-state index contributed by atoms with van der Waals surface area (Å²) in [6.07, 6.45) is 0. The number of anilines is 1. The lowest BCUT2D eigenvalue weighted by Crippen LogP contribution is -2.22. The number of fused-ring (bicyclic) bond motifs is 2. The average molecular weight is 449 g/mol. The second-order valence-electron chi connectivity index (χ2n) is 7.10. The van der Waals surface area contributed by atoms with Crippen molar-refractivity contribution in [3.05, 3.63) is 87.2 Å². The molecule has 1 aliphatic heterocycles. The molecule has 4 aromatic rings. The van der Waals surface area contributed by atoms with Gasteiger partial charge in [-0.1, -0.05) is 12.1 Å². The Bertz CT molecular complexity index is 1500. The van der Waals surface area contributed by atoms with Crippen molar-refractivity contribution < 1.29 is 18.7 Å². The van der Waals surface area contributed by atoms with Gasteiger partial charge in [-0.05, 0) is 54.7 Å². The molecule has 0 unspecified atom stereocenters. The predicted molar refractivity (Wildman–Crippen MR) is 120 cm³/mol. The summed E-state index contributed by atoms with van der Waals surface area (Å²) in [4.78, 5) is 28.7. The topological polar surface area (TPSA) is 85.3 Å². The number of aromatic amines is 1. The minimum absolute atomic E-state index is 0.0250. The molecule has 1 amide bonds. The first-order valence-electron chi connectivity index (χ1n) is 9.76. The van der Waals surface area contributed by atoms with Crippen LogP contribution in [0.3, 0.4) is 0 Å². The fourth-order valence-electron chi connectivity index (χ4n) is 3.54. The highest BCUT2D eigenvalue weighted by molar-refractivity contribution is 7.71. The SMILES string of the molecule is O=C(Nc1ccc2c(c1)OCCO2)c1ccc2c(=O)n(-c3ccccc3F)c(=S)[nH]c2c1. The standard InChI is InChI=1S/C23H16FN3O4S/c24-16-3-1-2-4-18(16)27-22(29)15-7-5-13(11-17(15)26-23(27)32)21(28)25-14-6-8-19-20(12-14)31-10-9-30-19/h1-8,11-12H,9-10H2,(H,25,28)(H,26,32). The van der Waals surface area contributed by atoms with E-state index in [0.29, 0.717) is 41.5 Å². The molecule has 0 spiro atoms. The first kappa shape index (κ1) is 20.0. The van der Waals surface area contributed by atoms with Gasteiger partial charge in [0.25, 0.3) is 11.5 Å². The van der Waals surface area contributed by atoms with E-state index in [1.807, 2.05) is 0 Å². The van der Waals surface area contributed by atoms with E-state index in [9.17, 15) is 14.0 Å². The van der Waals surface area contributed by atoms with Gasteiger partial charge in [-0.25, -0.2) is 8.96 Å². The van der Waals surface area contributed by atoms with Crippen LogP contribution >= 0.6 is 12.2 Å². The van der Waals surface area contributed by atoms with E-state index in [1.165, 1.54) is 36.4 Å². The number of benzene rings is 3. The molecular formula is C23H16FN3O4S. The summed E-state index contributed by atoms with van der Waals surface area (Å²) in [7, 11) is 0. The van der Waals surface area contributed by atoms with E-state index < -0.39 is 11.4 Å². The summed E-state index contributed by atoms with van der Waals surface area (Å²) in [5.41, 5.74) is 0.819. The Morgan fingerprint density at radius 1 is 1.03 bits per heavy atom. The Morgan fingerprint density at radius 2 is 1.81 bits per heavy atom. The zero-order chi connectivity index (χ0) is 22.2. The molecule has 2 heterocycles. The summed E-state index contributed by atoms with van der Waals surface area (Å²) in [5, 5.41) is 3.08. The van der Waals surface area contributed by atoms with Crippen LogP contribution in [0.25, 0.3) is 16.6 Å². The van der Waals surface area contributed by atoms with E-state index >= 15 is 0 Å². The number of hydrogen-bond donors (Lipinski definition) is 2. The van der Waals surface area contributed by atoms with Gasteiger partial charge in [0.2, 0.25) is 0 Å². The lowest BCUT2D eigenvalue weighted by molar-refractivity contribution is 0.102. The number of carbonyl (C=O) groups is 1. The molecule has 32 heavy (non-hydrogen) atoms. The molecule has 0 fully saturated rings. The first-order chi connectivity index (χ1) is 15.5. The van der Waals surface area contributed by atoms with Crippen molar-refractivity contribution in [2.24, 2.45) is 0 Å². The van der Waals surface area contributed by atoms with Crippen LogP contribution in [0.1, 0.15) is 10.4 Å². The molecule has 160 valence electrons. The van der Waals surface area contributed by atoms with Crippen molar-refractivity contribution >= 4 is 34.7 Å². The smallest absolute Gasteiger partial charge is 0.266 e. The number of aromatic nitrogens is 2. The number of ether oxygens (including phenoxy) is 2. The van der Waals surface area contributed by atoms with Gasteiger partial charge >= 0.3 is 0 Å². The van der Waals surface area contributed by atoms with Crippen molar-refractivity contribution in [2.75, 3.05) is 18.5 Å². The molecule has 3 aromatic carbocycles. The van der Waals surface area contributed by atoms with Gasteiger partial charge in [-0.15, -0.1) is 0 Å². The molecule has 0 radical (unpaired) electrons. The van der Waals surface area contributed by atoms with Gasteiger partial charge in [0, 0.05) is 17.3 Å². The van der Waals surface area contributed by atoms with Gasteiger partial charge in [0.15, 0.2) is 16.3 Å². The molecule has 2 N–H and O–H groups in total. The maximum absolute atomic E-state index is 14.2. The summed E-state index contributed by atoms with van der Waals surface area (Å²) >= 11 is 5.29. The van der Waals surface area contributed by atoms with Crippen LogP contribution in [-0.2, 0) is 0 Å². The van der Waals surface area contributed by atoms with Gasteiger partial charge in [0.05, 0.1) is 16.6 Å². The van der Waals surface area contributed by atoms with Gasteiger partial charge in [-0.3, -0.25) is 9.59 Å². The largest absolute Gasteiger partial charge is 0.486 e. The third-order valence-corrected chi connectivity index (χ3v) is 5.34. The third kappa shape index (κ3) is 3.52. The van der Waals surface area contributed by atoms with Crippen molar-refractivity contribution in [1.29, 1.82) is 0 Å². The summed E-state index contributed by atoms with van der Waals surface area (Å²) in [5.74, 6) is 0.244. The van der Waals surface area contributed by atoms with Gasteiger partial charge in [0.1, 0.15) is 19.0 Å². The molecule has 0 bridgehead atoms. The maximum Gasteiger partial charge on any atom is 0.266 e. The number of hydrogen-bond acceptors (Lipinski definition) is 5. The van der Waals surface area contributed by atoms with Crippen LogP contribution in [0.5, 0.6) is 11.5 Å². The molecule has 0 atom stereocenters. The lowest BCUT2D eigenvalue weighted by Gasteiger charge is -2.19. The molecule has 0 saturated carbocycles. The molecule has 1 aromatic heterocycles. The number of carbonyl (C=O) groups excluding carboxylic acids is 1. The number of H-pyrrole nitrogens is 1. The maximum atomic E-state index is 14.2. The van der Waals surface area contributed by atoms with Crippen molar-refractivity contribution in [1.82, 2.24) is 9.55 Å². The Morgan fingerprint density at radius 3 is 2.62 bits per heavy atom.